The van der Waals surface area contributed by atoms with E-state index in [9.17, 15) is 18.0 Å². The highest BCUT2D eigenvalue weighted by atomic mass is 79.9. The van der Waals surface area contributed by atoms with Crippen LogP contribution in [0.1, 0.15) is 21.6 Å². The minimum atomic E-state index is -4.54. The summed E-state index contributed by atoms with van der Waals surface area (Å²) in [6, 6.07) is 10.5. The number of aryl methyl sites for hydroxylation is 1. The lowest BCUT2D eigenvalue weighted by Crippen LogP contribution is -2.14. The van der Waals surface area contributed by atoms with E-state index < -0.39 is 17.6 Å². The molecule has 0 saturated heterocycles. The minimum Gasteiger partial charge on any atom is -0.322 e. The first-order chi connectivity index (χ1) is 14.2. The molecule has 0 unspecified atom stereocenters. The third kappa shape index (κ3) is 3.78. The van der Waals surface area contributed by atoms with Crippen molar-refractivity contribution in [2.45, 2.75) is 13.1 Å². The van der Waals surface area contributed by atoms with E-state index in [1.807, 2.05) is 6.07 Å². The zero-order valence-electron chi connectivity index (χ0n) is 15.4. The molecule has 1 amide bonds. The molecule has 4 aromatic rings. The third-order valence-corrected chi connectivity index (χ3v) is 5.06. The van der Waals surface area contributed by atoms with Crippen LogP contribution >= 0.6 is 15.9 Å². The van der Waals surface area contributed by atoms with Gasteiger partial charge in [-0.2, -0.15) is 23.0 Å². The summed E-state index contributed by atoms with van der Waals surface area (Å²) in [5.41, 5.74) is 0.507. The summed E-state index contributed by atoms with van der Waals surface area (Å²) in [5.74, 6) is -0.000299. The first-order valence-electron chi connectivity index (χ1n) is 8.69. The van der Waals surface area contributed by atoms with E-state index in [4.69, 9.17) is 0 Å². The van der Waals surface area contributed by atoms with Gasteiger partial charge < -0.3 is 5.32 Å². The maximum absolute atomic E-state index is 13.1. The van der Waals surface area contributed by atoms with Gasteiger partial charge in [-0.25, -0.2) is 9.97 Å². The molecule has 6 nitrogen and oxygen atoms in total. The standard InChI is InChI=1S/C20H13BrF3N5O/c1-11-14-8-12(10-26-18(14)29(28-11)17-4-2-3-7-25-17)19(30)27-13-5-6-16(21)15(9-13)20(22,23)24/h2-10H,1H3,(H,27,30). The Hall–Kier alpha value is -3.27. The van der Waals surface area contributed by atoms with Crippen molar-refractivity contribution >= 4 is 38.6 Å². The highest BCUT2D eigenvalue weighted by molar-refractivity contribution is 9.10. The van der Waals surface area contributed by atoms with Gasteiger partial charge in [-0.05, 0) is 43.3 Å². The van der Waals surface area contributed by atoms with Crippen LogP contribution in [0, 0.1) is 6.92 Å². The maximum atomic E-state index is 13.1. The first-order valence-corrected chi connectivity index (χ1v) is 9.48. The van der Waals surface area contributed by atoms with E-state index in [0.29, 0.717) is 22.5 Å². The van der Waals surface area contributed by atoms with Crippen molar-refractivity contribution in [2.75, 3.05) is 5.32 Å². The molecule has 0 radical (unpaired) electrons. The number of benzene rings is 1. The van der Waals surface area contributed by atoms with Crippen LogP contribution in [0.3, 0.4) is 0 Å². The summed E-state index contributed by atoms with van der Waals surface area (Å²) in [7, 11) is 0. The molecule has 0 atom stereocenters. The molecule has 4 rings (SSSR count). The Kier molecular flexibility index (Phi) is 5.02. The van der Waals surface area contributed by atoms with E-state index in [1.54, 1.807) is 36.0 Å². The summed E-state index contributed by atoms with van der Waals surface area (Å²) in [4.78, 5) is 21.2. The van der Waals surface area contributed by atoms with Gasteiger partial charge in [-0.15, -0.1) is 0 Å². The molecule has 3 aromatic heterocycles. The highest BCUT2D eigenvalue weighted by Gasteiger charge is 2.33. The Labute approximate surface area is 176 Å². The van der Waals surface area contributed by atoms with Gasteiger partial charge in [0.15, 0.2) is 11.5 Å². The molecule has 0 aliphatic carbocycles. The van der Waals surface area contributed by atoms with Crippen molar-refractivity contribution in [3.63, 3.8) is 0 Å². The SMILES string of the molecule is Cc1nn(-c2ccccn2)c2ncc(C(=O)Nc3ccc(Br)c(C(F)(F)F)c3)cc12. The van der Waals surface area contributed by atoms with Crippen molar-refractivity contribution in [3.05, 3.63) is 76.2 Å². The van der Waals surface area contributed by atoms with E-state index in [0.717, 1.165) is 6.07 Å². The molecule has 30 heavy (non-hydrogen) atoms. The van der Waals surface area contributed by atoms with Crippen molar-refractivity contribution in [3.8, 4) is 5.82 Å². The average Bonchev–Trinajstić information content (AvgIpc) is 3.05. The number of alkyl halides is 3. The number of anilines is 1. The lowest BCUT2D eigenvalue weighted by atomic mass is 10.1. The number of nitrogens with one attached hydrogen (secondary N) is 1. The Morgan fingerprint density at radius 2 is 1.93 bits per heavy atom. The van der Waals surface area contributed by atoms with Crippen LogP contribution in [-0.4, -0.2) is 25.7 Å². The fourth-order valence-corrected chi connectivity index (χ4v) is 3.40. The van der Waals surface area contributed by atoms with E-state index in [-0.39, 0.29) is 15.7 Å². The van der Waals surface area contributed by atoms with Gasteiger partial charge in [0.25, 0.3) is 5.91 Å². The summed E-state index contributed by atoms with van der Waals surface area (Å²) in [6.45, 7) is 1.77. The van der Waals surface area contributed by atoms with Gasteiger partial charge in [0.05, 0.1) is 16.8 Å². The monoisotopic (exact) mass is 475 g/mol. The topological polar surface area (TPSA) is 72.7 Å². The Morgan fingerprint density at radius 3 is 2.63 bits per heavy atom. The molecule has 152 valence electrons. The van der Waals surface area contributed by atoms with Crippen LogP contribution < -0.4 is 5.32 Å². The lowest BCUT2D eigenvalue weighted by Gasteiger charge is -2.12. The van der Waals surface area contributed by atoms with E-state index >= 15 is 0 Å². The predicted molar refractivity (Wildman–Crippen MR) is 108 cm³/mol. The summed E-state index contributed by atoms with van der Waals surface area (Å²) < 4.78 is 40.7. The second kappa shape index (κ2) is 7.52. The van der Waals surface area contributed by atoms with E-state index in [1.165, 1.54) is 18.3 Å². The Balaban J connectivity index is 1.66. The normalized spacial score (nSPS) is 11.6. The molecule has 0 fully saturated rings. The van der Waals surface area contributed by atoms with Crippen LogP contribution in [0.25, 0.3) is 16.9 Å². The molecule has 0 spiro atoms. The fourth-order valence-electron chi connectivity index (χ4n) is 2.93. The summed E-state index contributed by atoms with van der Waals surface area (Å²) in [6.07, 6.45) is -1.56. The van der Waals surface area contributed by atoms with Crippen LogP contribution in [0.4, 0.5) is 18.9 Å². The number of amides is 1. The van der Waals surface area contributed by atoms with E-state index in [2.05, 4.69) is 36.3 Å². The number of hydrogen-bond acceptors (Lipinski definition) is 4. The molecular weight excluding hydrogens is 463 g/mol. The number of aromatic nitrogens is 4. The number of carbonyl (C=O) groups excluding carboxylic acids is 1. The second-order valence-electron chi connectivity index (χ2n) is 6.43. The van der Waals surface area contributed by atoms with Gasteiger partial charge >= 0.3 is 6.18 Å². The number of pyridine rings is 2. The first kappa shape index (κ1) is 20.0. The molecule has 0 bridgehead atoms. The summed E-state index contributed by atoms with van der Waals surface area (Å²) >= 11 is 2.88. The Morgan fingerprint density at radius 1 is 1.13 bits per heavy atom. The van der Waals surface area contributed by atoms with Gasteiger partial charge in [0, 0.05) is 27.9 Å². The summed E-state index contributed by atoms with van der Waals surface area (Å²) in [5, 5.41) is 7.54. The molecule has 1 N–H and O–H groups in total. The van der Waals surface area contributed by atoms with Gasteiger partial charge in [-0.3, -0.25) is 4.79 Å². The molecule has 0 saturated carbocycles. The predicted octanol–water partition coefficient (Wildman–Crippen LogP) is 5.16. The zero-order valence-corrected chi connectivity index (χ0v) is 17.0. The number of rotatable bonds is 3. The van der Waals surface area contributed by atoms with Gasteiger partial charge in [-0.1, -0.05) is 22.0 Å². The number of carbonyl (C=O) groups is 1. The average molecular weight is 476 g/mol. The molecule has 1 aromatic carbocycles. The smallest absolute Gasteiger partial charge is 0.322 e. The highest BCUT2D eigenvalue weighted by Crippen LogP contribution is 2.36. The van der Waals surface area contributed by atoms with Gasteiger partial charge in [0.2, 0.25) is 0 Å². The van der Waals surface area contributed by atoms with Crippen molar-refractivity contribution in [1.29, 1.82) is 0 Å². The van der Waals surface area contributed by atoms with Crippen molar-refractivity contribution in [2.24, 2.45) is 0 Å². The molecule has 0 aliphatic heterocycles. The quantitative estimate of drug-likeness (QED) is 0.444. The molecule has 3 heterocycles. The fraction of sp³-hybridized carbons (Fsp3) is 0.100. The number of hydrogen-bond donors (Lipinski definition) is 1. The van der Waals surface area contributed by atoms with Crippen LogP contribution in [-0.2, 0) is 6.18 Å². The second-order valence-corrected chi connectivity index (χ2v) is 7.28. The largest absolute Gasteiger partial charge is 0.417 e. The van der Waals surface area contributed by atoms with Crippen LogP contribution in [0.5, 0.6) is 0 Å². The maximum Gasteiger partial charge on any atom is 0.417 e. The van der Waals surface area contributed by atoms with Crippen LogP contribution in [0.15, 0.2) is 59.3 Å². The number of halogens is 4. The van der Waals surface area contributed by atoms with Crippen LogP contribution in [0.2, 0.25) is 0 Å². The molecular formula is C20H13BrF3N5O. The zero-order chi connectivity index (χ0) is 21.5. The van der Waals surface area contributed by atoms with Gasteiger partial charge in [0.1, 0.15) is 0 Å². The number of fused-ring (bicyclic) bond motifs is 1. The number of nitrogens with zero attached hydrogens (tertiary/aromatic N) is 4. The van der Waals surface area contributed by atoms with Crippen molar-refractivity contribution in [1.82, 2.24) is 19.7 Å². The Bertz CT molecular complexity index is 1250. The third-order valence-electron chi connectivity index (χ3n) is 4.37. The minimum absolute atomic E-state index is 0.0246. The lowest BCUT2D eigenvalue weighted by molar-refractivity contribution is -0.138. The molecule has 10 heteroatoms. The molecule has 0 aliphatic rings. The van der Waals surface area contributed by atoms with Crippen molar-refractivity contribution < 1.29 is 18.0 Å².